The number of carbonyl (C=O) groups excluding carboxylic acids is 1. The van der Waals surface area contributed by atoms with E-state index in [1.54, 1.807) is 19.2 Å². The Morgan fingerprint density at radius 2 is 1.85 bits per heavy atom. The SMILES string of the molecule is CN(Cc1cnc2[nH]c(N)nc(=O)c2n1)c1ccc(C(=O)N[C@@H](CCC(=O)O)C(=O)O)cc1.[CaH2]. The predicted molar refractivity (Wildman–Crippen MR) is 125 cm³/mol. The first kappa shape index (κ1) is 27.0. The number of aromatic nitrogens is 4. The molecule has 1 atom stereocenters. The number of hydrogen-bond acceptors (Lipinski definition) is 9. The van der Waals surface area contributed by atoms with E-state index in [1.807, 2.05) is 4.90 Å². The van der Waals surface area contributed by atoms with Crippen LogP contribution in [0.25, 0.3) is 11.2 Å². The van der Waals surface area contributed by atoms with Crippen molar-refractivity contribution in [3.05, 3.63) is 52.1 Å². The number of nitrogens with one attached hydrogen (secondary N) is 2. The van der Waals surface area contributed by atoms with Crippen LogP contribution in [-0.2, 0) is 16.1 Å². The Balaban J connectivity index is 0.00000408. The van der Waals surface area contributed by atoms with Gasteiger partial charge in [-0.2, -0.15) is 4.98 Å². The number of hydrogen-bond donors (Lipinski definition) is 5. The number of nitrogen functional groups attached to an aromatic ring is 1. The van der Waals surface area contributed by atoms with Crippen LogP contribution in [0.1, 0.15) is 28.9 Å². The maximum atomic E-state index is 12.4. The molecule has 176 valence electrons. The summed E-state index contributed by atoms with van der Waals surface area (Å²) in [5.74, 6) is -3.14. The van der Waals surface area contributed by atoms with E-state index >= 15 is 0 Å². The van der Waals surface area contributed by atoms with Crippen LogP contribution in [0, 0.1) is 0 Å². The van der Waals surface area contributed by atoms with Crippen LogP contribution < -0.4 is 21.5 Å². The molecule has 34 heavy (non-hydrogen) atoms. The van der Waals surface area contributed by atoms with Gasteiger partial charge in [0, 0.05) is 24.7 Å². The van der Waals surface area contributed by atoms with Gasteiger partial charge in [0.2, 0.25) is 5.95 Å². The van der Waals surface area contributed by atoms with Crippen molar-refractivity contribution in [2.75, 3.05) is 17.7 Å². The van der Waals surface area contributed by atoms with Gasteiger partial charge in [-0.05, 0) is 30.7 Å². The zero-order valence-electron chi connectivity index (χ0n) is 17.5. The third-order valence-electron chi connectivity index (χ3n) is 4.71. The van der Waals surface area contributed by atoms with E-state index in [0.29, 0.717) is 12.2 Å². The van der Waals surface area contributed by atoms with Crippen LogP contribution in [0.5, 0.6) is 0 Å². The van der Waals surface area contributed by atoms with Crippen LogP contribution in [0.3, 0.4) is 0 Å². The molecule has 0 saturated carbocycles. The van der Waals surface area contributed by atoms with Crippen molar-refractivity contribution in [3.63, 3.8) is 0 Å². The number of nitrogens with two attached hydrogens (primary N) is 1. The molecule has 0 spiro atoms. The molecule has 13 nitrogen and oxygen atoms in total. The van der Waals surface area contributed by atoms with Crippen LogP contribution >= 0.6 is 0 Å². The van der Waals surface area contributed by atoms with Gasteiger partial charge in [-0.3, -0.25) is 14.4 Å². The quantitative estimate of drug-likeness (QED) is 0.228. The average molecular weight is 498 g/mol. The van der Waals surface area contributed by atoms with Crippen molar-refractivity contribution < 1.29 is 24.6 Å². The summed E-state index contributed by atoms with van der Waals surface area (Å²) < 4.78 is 0. The molecule has 6 N–H and O–H groups in total. The van der Waals surface area contributed by atoms with E-state index < -0.39 is 29.4 Å². The number of aliphatic carboxylic acids is 2. The Kier molecular flexibility index (Phi) is 9.29. The fourth-order valence-electron chi connectivity index (χ4n) is 3.02. The fraction of sp³-hybridized carbons (Fsp3) is 0.250. The summed E-state index contributed by atoms with van der Waals surface area (Å²) in [5, 5.41) is 20.2. The van der Waals surface area contributed by atoms with Crippen molar-refractivity contribution in [3.8, 4) is 0 Å². The molecule has 3 aromatic rings. The van der Waals surface area contributed by atoms with E-state index in [4.69, 9.17) is 10.8 Å². The summed E-state index contributed by atoms with van der Waals surface area (Å²) in [7, 11) is 1.78. The van der Waals surface area contributed by atoms with Gasteiger partial charge in [0.1, 0.15) is 6.04 Å². The second-order valence-corrected chi connectivity index (χ2v) is 7.19. The van der Waals surface area contributed by atoms with E-state index in [9.17, 15) is 24.3 Å². The van der Waals surface area contributed by atoms with E-state index in [2.05, 4.69) is 25.3 Å². The molecule has 2 heterocycles. The van der Waals surface area contributed by atoms with E-state index in [-0.39, 0.29) is 73.3 Å². The first-order valence-corrected chi connectivity index (χ1v) is 9.72. The third kappa shape index (κ3) is 6.85. The summed E-state index contributed by atoms with van der Waals surface area (Å²) in [6.07, 6.45) is 0.891. The van der Waals surface area contributed by atoms with Crippen molar-refractivity contribution >= 4 is 78.4 Å². The molecule has 1 aromatic carbocycles. The predicted octanol–water partition coefficient (Wildman–Crippen LogP) is -0.937. The molecule has 0 aliphatic heterocycles. The minimum absolute atomic E-state index is 0. The molecule has 0 radical (unpaired) electrons. The number of aromatic amines is 1. The monoisotopic (exact) mass is 497 g/mol. The minimum atomic E-state index is -1.31. The normalized spacial score (nSPS) is 11.3. The zero-order valence-corrected chi connectivity index (χ0v) is 17.5. The molecule has 3 rings (SSSR count). The van der Waals surface area contributed by atoms with Gasteiger partial charge >= 0.3 is 55.2 Å². The molecule has 14 heteroatoms. The summed E-state index contributed by atoms with van der Waals surface area (Å²) >= 11 is 0. The van der Waals surface area contributed by atoms with Crippen molar-refractivity contribution in [1.29, 1.82) is 0 Å². The van der Waals surface area contributed by atoms with Gasteiger partial charge in [0.05, 0.1) is 18.4 Å². The molecule has 1 amide bonds. The summed E-state index contributed by atoms with van der Waals surface area (Å²) in [6.45, 7) is 0.300. The Labute approximate surface area is 222 Å². The summed E-state index contributed by atoms with van der Waals surface area (Å²) in [5.41, 5.74) is 6.66. The Morgan fingerprint density at radius 3 is 2.47 bits per heavy atom. The summed E-state index contributed by atoms with van der Waals surface area (Å²) in [4.78, 5) is 62.8. The van der Waals surface area contributed by atoms with Crippen molar-refractivity contribution in [2.24, 2.45) is 0 Å². The van der Waals surface area contributed by atoms with Crippen LogP contribution in [0.15, 0.2) is 35.3 Å². The maximum absolute atomic E-state index is 12.4. The molecule has 2 aromatic heterocycles. The topological polar surface area (TPSA) is 204 Å². The first-order chi connectivity index (χ1) is 15.6. The number of amides is 1. The Hall–Kier alpha value is -3.29. The first-order valence-electron chi connectivity index (χ1n) is 9.72. The zero-order chi connectivity index (χ0) is 24.1. The number of nitrogens with zero attached hydrogens (tertiary/aromatic N) is 4. The average Bonchev–Trinajstić information content (AvgIpc) is 2.76. The molecular weight excluding hydrogens is 474 g/mol. The van der Waals surface area contributed by atoms with Gasteiger partial charge in [-0.1, -0.05) is 0 Å². The van der Waals surface area contributed by atoms with Crippen molar-refractivity contribution in [2.45, 2.75) is 25.4 Å². The summed E-state index contributed by atoms with van der Waals surface area (Å²) in [6, 6.07) is 5.04. The van der Waals surface area contributed by atoms with Crippen LogP contribution in [-0.4, -0.2) is 98.8 Å². The molecule has 0 unspecified atom stereocenters. The second kappa shape index (κ2) is 11.7. The fourth-order valence-corrected chi connectivity index (χ4v) is 3.02. The number of rotatable bonds is 9. The van der Waals surface area contributed by atoms with Gasteiger partial charge in [-0.15, -0.1) is 0 Å². The van der Waals surface area contributed by atoms with Gasteiger partial charge in [-0.25, -0.2) is 14.8 Å². The molecule has 0 bridgehead atoms. The molecular formula is C20H23CaN7O6. The number of benzene rings is 1. The molecule has 0 fully saturated rings. The van der Waals surface area contributed by atoms with E-state index in [1.165, 1.54) is 18.3 Å². The Bertz CT molecular complexity index is 1260. The second-order valence-electron chi connectivity index (χ2n) is 7.19. The van der Waals surface area contributed by atoms with Crippen LogP contribution in [0.4, 0.5) is 11.6 Å². The molecule has 0 saturated heterocycles. The van der Waals surface area contributed by atoms with E-state index in [0.717, 1.165) is 5.69 Å². The molecule has 0 aliphatic carbocycles. The number of carbonyl (C=O) groups is 3. The number of anilines is 2. The number of fused-ring (bicyclic) bond motifs is 1. The van der Waals surface area contributed by atoms with Gasteiger partial charge < -0.3 is 31.1 Å². The Morgan fingerprint density at radius 1 is 1.18 bits per heavy atom. The van der Waals surface area contributed by atoms with Crippen molar-refractivity contribution in [1.82, 2.24) is 25.3 Å². The third-order valence-corrected chi connectivity index (χ3v) is 4.71. The van der Waals surface area contributed by atoms with Gasteiger partial charge in [0.25, 0.3) is 5.91 Å². The van der Waals surface area contributed by atoms with Crippen LogP contribution in [0.2, 0.25) is 0 Å². The standard InChI is InChI=1S/C20H21N7O6.Ca.2H/c1-27(9-11-8-22-16-15(23-11)18(31)26-20(21)25-16)12-4-2-10(3-5-12)17(30)24-13(19(32)33)6-7-14(28)29;;;/h2-5,8,13H,6-7,9H2,1H3,(H,24,30)(H,28,29)(H,32,33)(H3,21,22,25,26,31);;;/t13-;;;/m0.../s1. The van der Waals surface area contributed by atoms with Gasteiger partial charge in [0.15, 0.2) is 11.2 Å². The molecule has 0 aliphatic rings. The number of carboxylic acids is 2. The number of carboxylic acid groups (broad SMARTS) is 2. The number of H-pyrrole nitrogens is 1.